The Labute approximate surface area is 128 Å². The molecule has 1 heterocycles. The number of nitrogens with one attached hydrogen (secondary N) is 1. The van der Waals surface area contributed by atoms with E-state index in [9.17, 15) is 4.79 Å². The molecule has 5 nitrogen and oxygen atoms in total. The summed E-state index contributed by atoms with van der Waals surface area (Å²) in [6.07, 6.45) is 4.11. The number of rotatable bonds is 5. The Bertz CT molecular complexity index is 663. The number of benzene rings is 1. The molecule has 1 aliphatic carbocycles. The molecule has 1 N–H and O–H groups in total. The summed E-state index contributed by atoms with van der Waals surface area (Å²) in [5.74, 6) is 0.326. The molecule has 1 aromatic heterocycles. The van der Waals surface area contributed by atoms with E-state index >= 15 is 0 Å². The number of carbonyl (C=O) groups excluding carboxylic acids is 1. The van der Waals surface area contributed by atoms with Crippen molar-refractivity contribution in [1.29, 1.82) is 0 Å². The lowest BCUT2D eigenvalue weighted by molar-refractivity contribution is -0.113. The van der Waals surface area contributed by atoms with Crippen LogP contribution in [0, 0.1) is 13.8 Å². The highest BCUT2D eigenvalue weighted by Crippen LogP contribution is 2.37. The van der Waals surface area contributed by atoms with Gasteiger partial charge in [-0.1, -0.05) is 17.8 Å². The predicted octanol–water partition coefficient (Wildman–Crippen LogP) is 2.96. The third-order valence-corrected chi connectivity index (χ3v) is 4.56. The minimum atomic E-state index is -0.0198. The molecule has 21 heavy (non-hydrogen) atoms. The highest BCUT2D eigenvalue weighted by molar-refractivity contribution is 7.99. The number of carbonyl (C=O) groups is 1. The van der Waals surface area contributed by atoms with Crippen LogP contribution in [0.1, 0.15) is 30.0 Å². The lowest BCUT2D eigenvalue weighted by atomic mass is 10.1. The maximum absolute atomic E-state index is 12.0. The van der Waals surface area contributed by atoms with Crippen molar-refractivity contribution < 1.29 is 4.79 Å². The Kier molecular flexibility index (Phi) is 3.96. The summed E-state index contributed by atoms with van der Waals surface area (Å²) < 4.78 is 2.06. The van der Waals surface area contributed by atoms with Crippen molar-refractivity contribution in [1.82, 2.24) is 14.8 Å². The lowest BCUT2D eigenvalue weighted by Gasteiger charge is -2.08. The maximum atomic E-state index is 12.0. The Morgan fingerprint density at radius 3 is 2.90 bits per heavy atom. The molecular formula is C15H18N4OS. The number of amides is 1. The van der Waals surface area contributed by atoms with Gasteiger partial charge in [-0.15, -0.1) is 10.2 Å². The van der Waals surface area contributed by atoms with Crippen LogP contribution < -0.4 is 5.32 Å². The van der Waals surface area contributed by atoms with Gasteiger partial charge in [0.2, 0.25) is 5.91 Å². The molecule has 0 aliphatic heterocycles. The number of hydrogen-bond donors (Lipinski definition) is 1. The zero-order valence-electron chi connectivity index (χ0n) is 12.2. The maximum Gasteiger partial charge on any atom is 0.234 e. The molecule has 0 saturated heterocycles. The molecular weight excluding hydrogens is 284 g/mol. The molecule has 0 radical (unpaired) electrons. The summed E-state index contributed by atoms with van der Waals surface area (Å²) in [6, 6.07) is 6.47. The first-order valence-electron chi connectivity index (χ1n) is 7.03. The Morgan fingerprint density at radius 2 is 2.19 bits per heavy atom. The standard InChI is InChI=1S/C15H18N4OS/c1-10-3-4-12(7-11(10)2)17-14(20)8-21-15-18-16-9-19(15)13-5-6-13/h3-4,7,9,13H,5-6,8H2,1-2H3,(H,17,20). The van der Waals surface area contributed by atoms with Crippen molar-refractivity contribution in [3.05, 3.63) is 35.7 Å². The van der Waals surface area contributed by atoms with E-state index in [0.29, 0.717) is 11.8 Å². The summed E-state index contributed by atoms with van der Waals surface area (Å²) in [4.78, 5) is 12.0. The molecule has 1 amide bonds. The number of aromatic nitrogens is 3. The van der Waals surface area contributed by atoms with E-state index in [1.54, 1.807) is 6.33 Å². The SMILES string of the molecule is Cc1ccc(NC(=O)CSc2nncn2C2CC2)cc1C. The van der Waals surface area contributed by atoms with E-state index in [4.69, 9.17) is 0 Å². The van der Waals surface area contributed by atoms with Gasteiger partial charge in [0.05, 0.1) is 5.75 Å². The second-order valence-corrected chi connectivity index (χ2v) is 6.33. The predicted molar refractivity (Wildman–Crippen MR) is 83.6 cm³/mol. The average Bonchev–Trinajstić information content (AvgIpc) is 3.19. The molecule has 0 bridgehead atoms. The first-order chi connectivity index (χ1) is 10.1. The van der Waals surface area contributed by atoms with Gasteiger partial charge in [0.25, 0.3) is 0 Å². The van der Waals surface area contributed by atoms with E-state index < -0.39 is 0 Å². The van der Waals surface area contributed by atoms with Crippen LogP contribution in [0.15, 0.2) is 29.7 Å². The fraction of sp³-hybridized carbons (Fsp3) is 0.400. The quantitative estimate of drug-likeness (QED) is 0.863. The summed E-state index contributed by atoms with van der Waals surface area (Å²) in [6.45, 7) is 4.10. The van der Waals surface area contributed by atoms with Crippen LogP contribution in [0.3, 0.4) is 0 Å². The molecule has 2 aromatic rings. The van der Waals surface area contributed by atoms with E-state index in [1.165, 1.54) is 35.7 Å². The Morgan fingerprint density at radius 1 is 1.38 bits per heavy atom. The average molecular weight is 302 g/mol. The fourth-order valence-corrected chi connectivity index (χ4v) is 2.87. The minimum Gasteiger partial charge on any atom is -0.325 e. The third kappa shape index (κ3) is 3.44. The molecule has 1 fully saturated rings. The monoisotopic (exact) mass is 302 g/mol. The molecule has 3 rings (SSSR count). The molecule has 110 valence electrons. The van der Waals surface area contributed by atoms with Gasteiger partial charge >= 0.3 is 0 Å². The Hall–Kier alpha value is -1.82. The van der Waals surface area contributed by atoms with Crippen LogP contribution in [-0.2, 0) is 4.79 Å². The van der Waals surface area contributed by atoms with Crippen molar-refractivity contribution in [2.45, 2.75) is 37.9 Å². The topological polar surface area (TPSA) is 59.8 Å². The van der Waals surface area contributed by atoms with Crippen molar-refractivity contribution in [2.75, 3.05) is 11.1 Å². The van der Waals surface area contributed by atoms with Gasteiger partial charge in [-0.25, -0.2) is 0 Å². The highest BCUT2D eigenvalue weighted by Gasteiger charge is 2.26. The normalized spacial score (nSPS) is 14.2. The van der Waals surface area contributed by atoms with Crippen LogP contribution in [-0.4, -0.2) is 26.4 Å². The summed E-state index contributed by atoms with van der Waals surface area (Å²) >= 11 is 1.43. The van der Waals surface area contributed by atoms with Gasteiger partial charge in [-0.05, 0) is 49.9 Å². The van der Waals surface area contributed by atoms with E-state index in [-0.39, 0.29) is 5.91 Å². The summed E-state index contributed by atoms with van der Waals surface area (Å²) in [7, 11) is 0. The molecule has 6 heteroatoms. The first kappa shape index (κ1) is 14.1. The van der Waals surface area contributed by atoms with Gasteiger partial charge < -0.3 is 9.88 Å². The number of aryl methyl sites for hydroxylation is 2. The molecule has 0 unspecified atom stereocenters. The van der Waals surface area contributed by atoms with E-state index in [0.717, 1.165) is 10.8 Å². The summed E-state index contributed by atoms with van der Waals surface area (Å²) in [5.41, 5.74) is 3.24. The van der Waals surface area contributed by atoms with Gasteiger partial charge in [0.15, 0.2) is 5.16 Å². The first-order valence-corrected chi connectivity index (χ1v) is 8.01. The van der Waals surface area contributed by atoms with Crippen LogP contribution >= 0.6 is 11.8 Å². The number of thioether (sulfide) groups is 1. The van der Waals surface area contributed by atoms with Crippen molar-refractivity contribution in [2.24, 2.45) is 0 Å². The molecule has 1 saturated carbocycles. The van der Waals surface area contributed by atoms with E-state index in [1.807, 2.05) is 25.1 Å². The van der Waals surface area contributed by atoms with Crippen LogP contribution in [0.25, 0.3) is 0 Å². The number of nitrogens with zero attached hydrogens (tertiary/aromatic N) is 3. The van der Waals surface area contributed by atoms with Crippen molar-refractivity contribution in [3.8, 4) is 0 Å². The minimum absolute atomic E-state index is 0.0198. The van der Waals surface area contributed by atoms with Crippen molar-refractivity contribution in [3.63, 3.8) is 0 Å². The van der Waals surface area contributed by atoms with Gasteiger partial charge in [0.1, 0.15) is 6.33 Å². The third-order valence-electron chi connectivity index (χ3n) is 3.60. The highest BCUT2D eigenvalue weighted by atomic mass is 32.2. The molecule has 0 atom stereocenters. The zero-order chi connectivity index (χ0) is 14.8. The number of anilines is 1. The van der Waals surface area contributed by atoms with Crippen molar-refractivity contribution >= 4 is 23.4 Å². The van der Waals surface area contributed by atoms with Gasteiger partial charge in [-0.2, -0.15) is 0 Å². The van der Waals surface area contributed by atoms with Gasteiger partial charge in [-0.3, -0.25) is 4.79 Å². The fourth-order valence-electron chi connectivity index (χ4n) is 2.08. The van der Waals surface area contributed by atoms with E-state index in [2.05, 4.69) is 27.0 Å². The second kappa shape index (κ2) is 5.89. The van der Waals surface area contributed by atoms with Crippen LogP contribution in [0.5, 0.6) is 0 Å². The summed E-state index contributed by atoms with van der Waals surface area (Å²) in [5, 5.41) is 11.8. The molecule has 0 spiro atoms. The lowest BCUT2D eigenvalue weighted by Crippen LogP contribution is -2.14. The smallest absolute Gasteiger partial charge is 0.234 e. The van der Waals surface area contributed by atoms with Crippen LogP contribution in [0.2, 0.25) is 0 Å². The molecule has 1 aromatic carbocycles. The zero-order valence-corrected chi connectivity index (χ0v) is 13.0. The number of hydrogen-bond acceptors (Lipinski definition) is 4. The molecule has 1 aliphatic rings. The second-order valence-electron chi connectivity index (χ2n) is 5.39. The Balaban J connectivity index is 1.56. The van der Waals surface area contributed by atoms with Gasteiger partial charge in [0, 0.05) is 11.7 Å². The van der Waals surface area contributed by atoms with Crippen LogP contribution in [0.4, 0.5) is 5.69 Å². The largest absolute Gasteiger partial charge is 0.325 e.